The van der Waals surface area contributed by atoms with Crippen LogP contribution >= 0.6 is 11.3 Å². The third kappa shape index (κ3) is 2.33. The Hall–Kier alpha value is -2.73. The first-order valence-electron chi connectivity index (χ1n) is 8.36. The molecule has 0 saturated carbocycles. The first-order valence-corrected chi connectivity index (χ1v) is 9.18. The van der Waals surface area contributed by atoms with Crippen LogP contribution in [0, 0.1) is 13.8 Å². The van der Waals surface area contributed by atoms with Crippen LogP contribution in [0.25, 0.3) is 31.8 Å². The number of aromatic nitrogens is 3. The lowest BCUT2D eigenvalue weighted by Crippen LogP contribution is -2.05. The van der Waals surface area contributed by atoms with Crippen molar-refractivity contribution < 1.29 is 9.47 Å². The number of hydrogen-bond acceptors (Lipinski definition) is 6. The van der Waals surface area contributed by atoms with Crippen molar-refractivity contribution in [3.63, 3.8) is 0 Å². The summed E-state index contributed by atoms with van der Waals surface area (Å²) in [7, 11) is 1.60. The van der Waals surface area contributed by atoms with Gasteiger partial charge in [0.25, 0.3) is 0 Å². The summed E-state index contributed by atoms with van der Waals surface area (Å²) < 4.78 is 12.2. The highest BCUT2D eigenvalue weighted by Crippen LogP contribution is 2.41. The number of hydrogen-bond donors (Lipinski definition) is 0. The smallest absolute Gasteiger partial charge is 0.232 e. The number of ether oxygens (including phenoxy) is 2. The first-order chi connectivity index (χ1) is 12.6. The van der Waals surface area contributed by atoms with E-state index in [1.54, 1.807) is 24.6 Å². The van der Waals surface area contributed by atoms with E-state index in [1.807, 2.05) is 18.2 Å². The van der Waals surface area contributed by atoms with Crippen molar-refractivity contribution in [3.05, 3.63) is 48.5 Å². The van der Waals surface area contributed by atoms with E-state index in [1.165, 1.54) is 10.3 Å². The van der Waals surface area contributed by atoms with Crippen LogP contribution < -0.4 is 9.47 Å². The lowest BCUT2D eigenvalue weighted by Gasteiger charge is -2.06. The fraction of sp³-hybridized carbons (Fsp3) is 0.200. The minimum atomic E-state index is -0.0284. The average Bonchev–Trinajstić information content (AvgIpc) is 3.22. The number of nitrogens with zero attached hydrogens (tertiary/aromatic N) is 3. The van der Waals surface area contributed by atoms with Crippen molar-refractivity contribution in [3.8, 4) is 22.2 Å². The van der Waals surface area contributed by atoms with Gasteiger partial charge in [-0.05, 0) is 43.7 Å². The molecule has 1 aliphatic heterocycles. The fourth-order valence-electron chi connectivity index (χ4n) is 3.41. The topological polar surface area (TPSA) is 57.1 Å². The molecular formula is C20H16N3O2S. The quantitative estimate of drug-likeness (QED) is 0.530. The van der Waals surface area contributed by atoms with E-state index < -0.39 is 0 Å². The van der Waals surface area contributed by atoms with Gasteiger partial charge in [0.1, 0.15) is 16.9 Å². The summed E-state index contributed by atoms with van der Waals surface area (Å²) in [6.45, 7) is 6.08. The largest absolute Gasteiger partial charge is 0.490 e. The van der Waals surface area contributed by atoms with E-state index in [0.29, 0.717) is 5.88 Å². The van der Waals surface area contributed by atoms with Crippen molar-refractivity contribution in [2.75, 3.05) is 7.11 Å². The van der Waals surface area contributed by atoms with Gasteiger partial charge in [0.05, 0.1) is 34.6 Å². The molecule has 0 amide bonds. The molecule has 26 heavy (non-hydrogen) atoms. The van der Waals surface area contributed by atoms with Crippen LogP contribution in [0.15, 0.2) is 30.5 Å². The lowest BCUT2D eigenvalue weighted by atomic mass is 10.1. The maximum atomic E-state index is 5.78. The Bertz CT molecular complexity index is 1170. The van der Waals surface area contributed by atoms with Gasteiger partial charge in [0.2, 0.25) is 5.88 Å². The van der Waals surface area contributed by atoms with Gasteiger partial charge >= 0.3 is 0 Å². The molecule has 6 heteroatoms. The van der Waals surface area contributed by atoms with Crippen molar-refractivity contribution >= 4 is 32.6 Å². The van der Waals surface area contributed by atoms with E-state index >= 15 is 0 Å². The number of thiazole rings is 1. The molecule has 3 heterocycles. The SMILES string of the molecule is [CH2][C@@H]1Cc2c(ccc3nc(-c4cc(C)cc5nc(OC)cnc45)sc23)O1. The van der Waals surface area contributed by atoms with Gasteiger partial charge in [0.15, 0.2) is 0 Å². The Morgan fingerprint density at radius 2 is 2.12 bits per heavy atom. The maximum absolute atomic E-state index is 5.78. The normalized spacial score (nSPS) is 16.0. The Balaban J connectivity index is 1.74. The zero-order valence-electron chi connectivity index (χ0n) is 14.4. The zero-order valence-corrected chi connectivity index (χ0v) is 15.3. The van der Waals surface area contributed by atoms with E-state index in [-0.39, 0.29) is 6.10 Å². The molecule has 2 aromatic carbocycles. The second-order valence-electron chi connectivity index (χ2n) is 6.45. The summed E-state index contributed by atoms with van der Waals surface area (Å²) in [4.78, 5) is 14.0. The van der Waals surface area contributed by atoms with Crippen LogP contribution in [-0.4, -0.2) is 28.2 Å². The molecule has 1 atom stereocenters. The monoisotopic (exact) mass is 362 g/mol. The predicted molar refractivity (Wildman–Crippen MR) is 103 cm³/mol. The Morgan fingerprint density at radius 3 is 2.96 bits per heavy atom. The summed E-state index contributed by atoms with van der Waals surface area (Å²) in [5.74, 6) is 1.43. The van der Waals surface area contributed by atoms with Crippen molar-refractivity contribution in [1.82, 2.24) is 15.0 Å². The molecule has 0 aliphatic carbocycles. The standard InChI is InChI=1S/C20H16N3O2S/c1-10-6-13(18-15(7-10)22-17(24-3)9-21-18)20-23-14-4-5-16-12(19(14)26-20)8-11(2)25-16/h4-7,9,11H,2,8H2,1,3H3/t11-/m1/s1. The first kappa shape index (κ1) is 15.5. The molecule has 129 valence electrons. The second kappa shape index (κ2) is 5.64. The van der Waals surface area contributed by atoms with Crippen LogP contribution in [0.1, 0.15) is 11.1 Å². The highest BCUT2D eigenvalue weighted by atomic mass is 32.1. The van der Waals surface area contributed by atoms with Gasteiger partial charge in [0, 0.05) is 17.5 Å². The highest BCUT2D eigenvalue weighted by molar-refractivity contribution is 7.22. The summed E-state index contributed by atoms with van der Waals surface area (Å²) in [5.41, 5.74) is 5.94. The molecular weight excluding hydrogens is 346 g/mol. The van der Waals surface area contributed by atoms with Crippen LogP contribution in [0.4, 0.5) is 0 Å². The minimum absolute atomic E-state index is 0.0284. The van der Waals surface area contributed by atoms with Crippen LogP contribution in [0.3, 0.4) is 0 Å². The number of aryl methyl sites for hydroxylation is 1. The van der Waals surface area contributed by atoms with E-state index in [0.717, 1.165) is 44.9 Å². The van der Waals surface area contributed by atoms with Gasteiger partial charge in [-0.2, -0.15) is 0 Å². The van der Waals surface area contributed by atoms with Gasteiger partial charge in [-0.15, -0.1) is 11.3 Å². The molecule has 0 unspecified atom stereocenters. The molecule has 0 fully saturated rings. The van der Waals surface area contributed by atoms with Gasteiger partial charge in [-0.25, -0.2) is 15.0 Å². The summed E-state index contributed by atoms with van der Waals surface area (Å²) >= 11 is 1.67. The van der Waals surface area contributed by atoms with E-state index in [4.69, 9.17) is 14.5 Å². The van der Waals surface area contributed by atoms with E-state index in [2.05, 4.69) is 29.9 Å². The average molecular weight is 362 g/mol. The van der Waals surface area contributed by atoms with Crippen LogP contribution in [0.5, 0.6) is 11.6 Å². The van der Waals surface area contributed by atoms with Gasteiger partial charge < -0.3 is 9.47 Å². The van der Waals surface area contributed by atoms with Gasteiger partial charge in [-0.3, -0.25) is 0 Å². The van der Waals surface area contributed by atoms with E-state index in [9.17, 15) is 0 Å². The Kier molecular flexibility index (Phi) is 3.37. The summed E-state index contributed by atoms with van der Waals surface area (Å²) in [5, 5.41) is 0.939. The number of benzene rings is 2. The summed E-state index contributed by atoms with van der Waals surface area (Å²) in [6, 6.07) is 8.13. The molecule has 0 saturated heterocycles. The molecule has 1 radical (unpaired) electrons. The van der Waals surface area contributed by atoms with Crippen molar-refractivity contribution in [2.24, 2.45) is 0 Å². The molecule has 4 aromatic rings. The molecule has 5 rings (SSSR count). The third-order valence-corrected chi connectivity index (χ3v) is 5.72. The number of methoxy groups -OCH3 is 1. The molecule has 5 nitrogen and oxygen atoms in total. The Labute approximate surface area is 154 Å². The fourth-order valence-corrected chi connectivity index (χ4v) is 4.53. The third-order valence-electron chi connectivity index (χ3n) is 4.55. The van der Waals surface area contributed by atoms with Crippen molar-refractivity contribution in [1.29, 1.82) is 0 Å². The summed E-state index contributed by atoms with van der Waals surface area (Å²) in [6.07, 6.45) is 2.44. The number of fused-ring (bicyclic) bond motifs is 4. The molecule has 2 aromatic heterocycles. The van der Waals surface area contributed by atoms with Crippen LogP contribution in [0.2, 0.25) is 0 Å². The minimum Gasteiger partial charge on any atom is -0.490 e. The highest BCUT2D eigenvalue weighted by Gasteiger charge is 2.24. The molecule has 1 aliphatic rings. The Morgan fingerprint density at radius 1 is 1.23 bits per heavy atom. The molecule has 0 N–H and O–H groups in total. The maximum Gasteiger partial charge on any atom is 0.232 e. The lowest BCUT2D eigenvalue weighted by molar-refractivity contribution is 0.281. The second-order valence-corrected chi connectivity index (χ2v) is 7.45. The van der Waals surface area contributed by atoms with Gasteiger partial charge in [-0.1, -0.05) is 0 Å². The zero-order chi connectivity index (χ0) is 17.8. The molecule has 0 bridgehead atoms. The number of rotatable bonds is 2. The predicted octanol–water partition coefficient (Wildman–Crippen LogP) is 4.36. The molecule has 0 spiro atoms. The van der Waals surface area contributed by atoms with Crippen molar-refractivity contribution in [2.45, 2.75) is 19.4 Å². The van der Waals surface area contributed by atoms with Crippen LogP contribution in [-0.2, 0) is 6.42 Å².